The quantitative estimate of drug-likeness (QED) is 0.904. The van der Waals surface area contributed by atoms with Crippen molar-refractivity contribution < 1.29 is 13.2 Å². The van der Waals surface area contributed by atoms with E-state index in [1.807, 2.05) is 32.0 Å². The average Bonchev–Trinajstić information content (AvgIpc) is 2.60. The molecule has 5 heteroatoms. The maximum atomic E-state index is 11.4. The van der Waals surface area contributed by atoms with E-state index in [1.54, 1.807) is 0 Å². The first-order chi connectivity index (χ1) is 8.37. The van der Waals surface area contributed by atoms with Crippen LogP contribution in [-0.4, -0.2) is 26.0 Å². The molecule has 100 valence electrons. The van der Waals surface area contributed by atoms with Gasteiger partial charge in [-0.05, 0) is 26.3 Å². The van der Waals surface area contributed by atoms with Crippen molar-refractivity contribution in [2.45, 2.75) is 32.4 Å². The molecule has 2 rings (SSSR count). The van der Waals surface area contributed by atoms with Crippen molar-refractivity contribution in [3.8, 4) is 5.75 Å². The Morgan fingerprint density at radius 2 is 2.17 bits per heavy atom. The molecule has 1 aromatic rings. The SMILES string of the molecule is Cc1ccc(OC2CCS(=O)(=O)C2)c([C@@H](C)N)c1. The Morgan fingerprint density at radius 1 is 1.44 bits per heavy atom. The molecule has 0 amide bonds. The Bertz CT molecular complexity index is 537. The highest BCUT2D eigenvalue weighted by Gasteiger charge is 2.30. The van der Waals surface area contributed by atoms with Crippen molar-refractivity contribution in [3.63, 3.8) is 0 Å². The summed E-state index contributed by atoms with van der Waals surface area (Å²) in [6.45, 7) is 3.89. The Labute approximate surface area is 108 Å². The summed E-state index contributed by atoms with van der Waals surface area (Å²) in [6, 6.07) is 5.69. The third kappa shape index (κ3) is 3.03. The van der Waals surface area contributed by atoms with Gasteiger partial charge in [-0.25, -0.2) is 8.42 Å². The minimum atomic E-state index is -2.91. The second-order valence-electron chi connectivity index (χ2n) is 4.97. The first kappa shape index (κ1) is 13.4. The van der Waals surface area contributed by atoms with E-state index in [2.05, 4.69) is 0 Å². The van der Waals surface area contributed by atoms with Gasteiger partial charge in [-0.1, -0.05) is 17.7 Å². The van der Waals surface area contributed by atoms with Crippen LogP contribution in [0.15, 0.2) is 18.2 Å². The van der Waals surface area contributed by atoms with Gasteiger partial charge in [0, 0.05) is 11.6 Å². The molecule has 0 spiro atoms. The molecule has 1 heterocycles. The van der Waals surface area contributed by atoms with Crippen LogP contribution in [0, 0.1) is 6.92 Å². The van der Waals surface area contributed by atoms with Gasteiger partial charge in [0.15, 0.2) is 9.84 Å². The molecule has 0 aliphatic carbocycles. The van der Waals surface area contributed by atoms with Crippen LogP contribution >= 0.6 is 0 Å². The summed E-state index contributed by atoms with van der Waals surface area (Å²) in [6.07, 6.45) is 0.324. The maximum Gasteiger partial charge on any atom is 0.154 e. The summed E-state index contributed by atoms with van der Waals surface area (Å²) < 4.78 is 28.6. The first-order valence-corrected chi connectivity index (χ1v) is 7.93. The molecule has 0 radical (unpaired) electrons. The van der Waals surface area contributed by atoms with Gasteiger partial charge in [0.1, 0.15) is 11.9 Å². The maximum absolute atomic E-state index is 11.4. The molecule has 0 aromatic heterocycles. The summed E-state index contributed by atoms with van der Waals surface area (Å²) in [4.78, 5) is 0. The molecule has 1 fully saturated rings. The van der Waals surface area contributed by atoms with E-state index >= 15 is 0 Å². The van der Waals surface area contributed by atoms with Crippen LogP contribution in [0.3, 0.4) is 0 Å². The van der Waals surface area contributed by atoms with Gasteiger partial charge in [0.05, 0.1) is 11.5 Å². The summed E-state index contributed by atoms with van der Waals surface area (Å²) in [7, 11) is -2.91. The van der Waals surface area contributed by atoms with E-state index in [4.69, 9.17) is 10.5 Å². The minimum absolute atomic E-state index is 0.110. The van der Waals surface area contributed by atoms with Crippen LogP contribution in [0.1, 0.15) is 30.5 Å². The zero-order valence-electron chi connectivity index (χ0n) is 10.7. The smallest absolute Gasteiger partial charge is 0.154 e. The zero-order chi connectivity index (χ0) is 13.3. The molecule has 2 atom stereocenters. The van der Waals surface area contributed by atoms with Gasteiger partial charge >= 0.3 is 0 Å². The van der Waals surface area contributed by atoms with E-state index in [1.165, 1.54) is 0 Å². The van der Waals surface area contributed by atoms with Gasteiger partial charge in [-0.2, -0.15) is 0 Å². The molecule has 1 saturated heterocycles. The lowest BCUT2D eigenvalue weighted by molar-refractivity contribution is 0.225. The summed E-state index contributed by atoms with van der Waals surface area (Å²) >= 11 is 0. The molecule has 1 aliphatic heterocycles. The normalized spacial score (nSPS) is 23.8. The molecule has 1 aliphatic rings. The fraction of sp³-hybridized carbons (Fsp3) is 0.538. The predicted octanol–water partition coefficient (Wildman–Crippen LogP) is 1.58. The van der Waals surface area contributed by atoms with Crippen molar-refractivity contribution in [1.82, 2.24) is 0 Å². The fourth-order valence-electron chi connectivity index (χ4n) is 2.16. The number of nitrogens with two attached hydrogens (primary N) is 1. The monoisotopic (exact) mass is 269 g/mol. The van der Waals surface area contributed by atoms with Gasteiger partial charge in [-0.3, -0.25) is 0 Å². The van der Waals surface area contributed by atoms with E-state index in [0.717, 1.165) is 11.1 Å². The molecule has 0 saturated carbocycles. The molecular weight excluding hydrogens is 250 g/mol. The van der Waals surface area contributed by atoms with Gasteiger partial charge < -0.3 is 10.5 Å². The van der Waals surface area contributed by atoms with Crippen LogP contribution in [0.4, 0.5) is 0 Å². The Balaban J connectivity index is 2.19. The highest BCUT2D eigenvalue weighted by atomic mass is 32.2. The molecule has 4 nitrogen and oxygen atoms in total. The number of sulfone groups is 1. The Kier molecular flexibility index (Phi) is 3.64. The lowest BCUT2D eigenvalue weighted by Crippen LogP contribution is -2.19. The van der Waals surface area contributed by atoms with Gasteiger partial charge in [0.2, 0.25) is 0 Å². The molecule has 0 bridgehead atoms. The molecule has 1 unspecified atom stereocenters. The van der Waals surface area contributed by atoms with Crippen LogP contribution in [0.25, 0.3) is 0 Å². The van der Waals surface area contributed by atoms with Gasteiger partial charge in [-0.15, -0.1) is 0 Å². The first-order valence-electron chi connectivity index (χ1n) is 6.10. The van der Waals surface area contributed by atoms with E-state index in [9.17, 15) is 8.42 Å². The summed E-state index contributed by atoms with van der Waals surface area (Å²) in [5.74, 6) is 1.04. The van der Waals surface area contributed by atoms with Crippen LogP contribution in [0.5, 0.6) is 5.75 Å². The predicted molar refractivity (Wildman–Crippen MR) is 71.5 cm³/mol. The summed E-state index contributed by atoms with van der Waals surface area (Å²) in [5, 5.41) is 0. The van der Waals surface area contributed by atoms with Crippen molar-refractivity contribution >= 4 is 9.84 Å². The summed E-state index contributed by atoms with van der Waals surface area (Å²) in [5.41, 5.74) is 7.96. The van der Waals surface area contributed by atoms with Crippen LogP contribution < -0.4 is 10.5 Å². The lowest BCUT2D eigenvalue weighted by atomic mass is 10.0. The number of benzene rings is 1. The van der Waals surface area contributed by atoms with Gasteiger partial charge in [0.25, 0.3) is 0 Å². The zero-order valence-corrected chi connectivity index (χ0v) is 11.5. The number of aryl methyl sites for hydroxylation is 1. The minimum Gasteiger partial charge on any atom is -0.489 e. The number of hydrogen-bond acceptors (Lipinski definition) is 4. The van der Waals surface area contributed by atoms with Crippen molar-refractivity contribution in [2.75, 3.05) is 11.5 Å². The van der Waals surface area contributed by atoms with Crippen molar-refractivity contribution in [2.24, 2.45) is 5.73 Å². The standard InChI is InChI=1S/C13H19NO3S/c1-9-3-4-13(12(7-9)10(2)14)17-11-5-6-18(15,16)8-11/h3-4,7,10-11H,5-6,8,14H2,1-2H3/t10-,11?/m1/s1. The number of hydrogen-bond donors (Lipinski definition) is 1. The number of rotatable bonds is 3. The van der Waals surface area contributed by atoms with E-state index in [-0.39, 0.29) is 23.7 Å². The fourth-order valence-corrected chi connectivity index (χ4v) is 3.75. The third-order valence-electron chi connectivity index (χ3n) is 3.14. The Morgan fingerprint density at radius 3 is 2.72 bits per heavy atom. The lowest BCUT2D eigenvalue weighted by Gasteiger charge is -2.18. The largest absolute Gasteiger partial charge is 0.489 e. The van der Waals surface area contributed by atoms with Crippen molar-refractivity contribution in [1.29, 1.82) is 0 Å². The molecule has 2 N–H and O–H groups in total. The molecule has 18 heavy (non-hydrogen) atoms. The molecular formula is C13H19NO3S. The second kappa shape index (κ2) is 4.90. The molecule has 1 aromatic carbocycles. The Hall–Kier alpha value is -1.07. The van der Waals surface area contributed by atoms with E-state index in [0.29, 0.717) is 12.2 Å². The highest BCUT2D eigenvalue weighted by molar-refractivity contribution is 7.91. The number of ether oxygens (including phenoxy) is 1. The van der Waals surface area contributed by atoms with Crippen molar-refractivity contribution in [3.05, 3.63) is 29.3 Å². The topological polar surface area (TPSA) is 69.4 Å². The van der Waals surface area contributed by atoms with E-state index < -0.39 is 9.84 Å². The van der Waals surface area contributed by atoms with Crippen LogP contribution in [0.2, 0.25) is 0 Å². The van der Waals surface area contributed by atoms with Crippen LogP contribution in [-0.2, 0) is 9.84 Å². The highest BCUT2D eigenvalue weighted by Crippen LogP contribution is 2.28. The second-order valence-corrected chi connectivity index (χ2v) is 7.20. The third-order valence-corrected chi connectivity index (χ3v) is 4.88. The average molecular weight is 269 g/mol.